The average Bonchev–Trinajstić information content (AvgIpc) is 2.55. The summed E-state index contributed by atoms with van der Waals surface area (Å²) in [6, 6.07) is 11.6. The minimum Gasteiger partial charge on any atom is -0.487 e. The molecular weight excluding hydrogens is 332 g/mol. The Morgan fingerprint density at radius 3 is 2.23 bits per heavy atom. The van der Waals surface area contributed by atoms with Crippen molar-refractivity contribution >= 4 is 29.0 Å². The number of ether oxygens (including phenoxy) is 1. The van der Waals surface area contributed by atoms with Crippen molar-refractivity contribution in [1.82, 2.24) is 0 Å². The second-order valence-corrected chi connectivity index (χ2v) is 6.89. The van der Waals surface area contributed by atoms with E-state index in [1.54, 1.807) is 42.5 Å². The van der Waals surface area contributed by atoms with Crippen LogP contribution in [0.2, 0.25) is 0 Å². The Balaban J connectivity index is 1.76. The van der Waals surface area contributed by atoms with Gasteiger partial charge in [-0.05, 0) is 56.3 Å². The van der Waals surface area contributed by atoms with Crippen LogP contribution in [-0.2, 0) is 4.79 Å². The third kappa shape index (κ3) is 3.91. The van der Waals surface area contributed by atoms with Crippen molar-refractivity contribution in [3.63, 3.8) is 0 Å². The third-order valence-corrected chi connectivity index (χ3v) is 3.98. The van der Waals surface area contributed by atoms with Gasteiger partial charge in [0.05, 0.1) is 12.0 Å². The van der Waals surface area contributed by atoms with Crippen molar-refractivity contribution < 1.29 is 19.1 Å². The molecule has 26 heavy (non-hydrogen) atoms. The second kappa shape index (κ2) is 6.63. The van der Waals surface area contributed by atoms with E-state index in [0.29, 0.717) is 28.3 Å². The molecule has 0 atom stereocenters. The lowest BCUT2D eigenvalue weighted by Crippen LogP contribution is -2.36. The maximum atomic E-state index is 12.5. The molecule has 2 amide bonds. The van der Waals surface area contributed by atoms with Crippen LogP contribution in [0.5, 0.6) is 5.75 Å². The van der Waals surface area contributed by atoms with E-state index in [2.05, 4.69) is 10.6 Å². The number of anilines is 2. The van der Waals surface area contributed by atoms with Gasteiger partial charge in [0, 0.05) is 23.9 Å². The van der Waals surface area contributed by atoms with Crippen LogP contribution in [-0.4, -0.2) is 23.2 Å². The smallest absolute Gasteiger partial charge is 0.255 e. The van der Waals surface area contributed by atoms with Crippen molar-refractivity contribution in [1.29, 1.82) is 0 Å². The van der Waals surface area contributed by atoms with Gasteiger partial charge in [0.15, 0.2) is 5.78 Å². The number of rotatable bonds is 3. The summed E-state index contributed by atoms with van der Waals surface area (Å²) in [5.41, 5.74) is 1.51. The number of hydrogen-bond acceptors (Lipinski definition) is 4. The number of amides is 2. The zero-order valence-electron chi connectivity index (χ0n) is 14.9. The third-order valence-electron chi connectivity index (χ3n) is 3.98. The number of carbonyl (C=O) groups excluding carboxylic acids is 3. The van der Waals surface area contributed by atoms with Gasteiger partial charge in [0.2, 0.25) is 5.91 Å². The molecule has 0 bridgehead atoms. The van der Waals surface area contributed by atoms with Gasteiger partial charge in [-0.15, -0.1) is 0 Å². The quantitative estimate of drug-likeness (QED) is 0.883. The van der Waals surface area contributed by atoms with Gasteiger partial charge in [-0.25, -0.2) is 0 Å². The molecule has 6 heteroatoms. The van der Waals surface area contributed by atoms with Crippen LogP contribution in [0.1, 0.15) is 47.9 Å². The summed E-state index contributed by atoms with van der Waals surface area (Å²) < 4.78 is 5.80. The van der Waals surface area contributed by atoms with Gasteiger partial charge in [0.1, 0.15) is 11.4 Å². The number of Topliss-reactive ketones (excluding diaryl/α,β-unsaturated/α-hetero) is 1. The van der Waals surface area contributed by atoms with Crippen molar-refractivity contribution in [3.8, 4) is 5.75 Å². The minimum atomic E-state index is -0.538. The van der Waals surface area contributed by atoms with E-state index in [-0.39, 0.29) is 24.0 Å². The number of ketones is 1. The molecule has 0 spiro atoms. The molecule has 0 aliphatic carbocycles. The van der Waals surface area contributed by atoms with Gasteiger partial charge in [-0.1, -0.05) is 0 Å². The highest BCUT2D eigenvalue weighted by Gasteiger charge is 2.32. The lowest BCUT2D eigenvalue weighted by Gasteiger charge is -2.31. The van der Waals surface area contributed by atoms with Gasteiger partial charge in [-0.3, -0.25) is 14.4 Å². The molecule has 2 aromatic rings. The van der Waals surface area contributed by atoms with E-state index in [9.17, 15) is 14.4 Å². The monoisotopic (exact) mass is 352 g/mol. The van der Waals surface area contributed by atoms with Crippen molar-refractivity contribution in [2.45, 2.75) is 32.8 Å². The van der Waals surface area contributed by atoms with Gasteiger partial charge >= 0.3 is 0 Å². The zero-order chi connectivity index (χ0) is 18.9. The first-order valence-electron chi connectivity index (χ1n) is 8.29. The average molecular weight is 352 g/mol. The van der Waals surface area contributed by atoms with E-state index in [4.69, 9.17) is 4.74 Å². The number of benzene rings is 2. The largest absolute Gasteiger partial charge is 0.487 e. The highest BCUT2D eigenvalue weighted by molar-refractivity contribution is 6.07. The minimum absolute atomic E-state index is 0.0365. The van der Waals surface area contributed by atoms with Crippen LogP contribution in [0.25, 0.3) is 0 Å². The molecule has 0 aromatic heterocycles. The molecule has 6 nitrogen and oxygen atoms in total. The van der Waals surface area contributed by atoms with Gasteiger partial charge < -0.3 is 15.4 Å². The second-order valence-electron chi connectivity index (χ2n) is 6.89. The molecule has 0 unspecified atom stereocenters. The van der Waals surface area contributed by atoms with Crippen molar-refractivity contribution in [2.75, 3.05) is 10.6 Å². The number of hydrogen-bond donors (Lipinski definition) is 2. The lowest BCUT2D eigenvalue weighted by atomic mass is 9.92. The summed E-state index contributed by atoms with van der Waals surface area (Å²) in [4.78, 5) is 35.8. The Hall–Kier alpha value is -3.15. The fourth-order valence-corrected chi connectivity index (χ4v) is 2.84. The molecule has 3 rings (SSSR count). The predicted octanol–water partition coefficient (Wildman–Crippen LogP) is 3.64. The fraction of sp³-hybridized carbons (Fsp3) is 0.250. The van der Waals surface area contributed by atoms with Gasteiger partial charge in [0.25, 0.3) is 5.91 Å². The standard InChI is InChI=1S/C20H20N2O4/c1-12(23)21-14-5-7-15(8-6-14)22-19(25)13-4-9-18-16(10-13)17(24)11-20(2,3)26-18/h4-10H,11H2,1-3H3,(H,21,23)(H,22,25). The van der Waals surface area contributed by atoms with Crippen molar-refractivity contribution in [2.24, 2.45) is 0 Å². The topological polar surface area (TPSA) is 84.5 Å². The Morgan fingerprint density at radius 2 is 1.62 bits per heavy atom. The Kier molecular flexibility index (Phi) is 4.50. The number of fused-ring (bicyclic) bond motifs is 1. The van der Waals surface area contributed by atoms with E-state index < -0.39 is 5.60 Å². The summed E-state index contributed by atoms with van der Waals surface area (Å²) in [7, 11) is 0. The summed E-state index contributed by atoms with van der Waals surface area (Å²) in [5.74, 6) is -0.0170. The van der Waals surface area contributed by atoms with E-state index >= 15 is 0 Å². The highest BCUT2D eigenvalue weighted by Crippen LogP contribution is 2.33. The Labute approximate surface area is 151 Å². The summed E-state index contributed by atoms with van der Waals surface area (Å²) in [6.07, 6.45) is 0.273. The van der Waals surface area contributed by atoms with Crippen LogP contribution < -0.4 is 15.4 Å². The Morgan fingerprint density at radius 1 is 1.00 bits per heavy atom. The summed E-state index contributed by atoms with van der Waals surface area (Å²) in [5, 5.41) is 5.43. The molecule has 2 N–H and O–H groups in total. The molecule has 1 aliphatic rings. The Bertz CT molecular complexity index is 885. The molecule has 0 saturated carbocycles. The van der Waals surface area contributed by atoms with Crippen molar-refractivity contribution in [3.05, 3.63) is 53.6 Å². The molecule has 1 aliphatic heterocycles. The number of carbonyl (C=O) groups is 3. The number of nitrogens with one attached hydrogen (secondary N) is 2. The van der Waals surface area contributed by atoms with E-state index in [0.717, 1.165) is 0 Å². The molecule has 1 heterocycles. The van der Waals surface area contributed by atoms with Gasteiger partial charge in [-0.2, -0.15) is 0 Å². The molecule has 134 valence electrons. The van der Waals surface area contributed by atoms with Crippen LogP contribution in [0.4, 0.5) is 11.4 Å². The molecular formula is C20H20N2O4. The normalized spacial score (nSPS) is 14.8. The molecule has 0 saturated heterocycles. The lowest BCUT2D eigenvalue weighted by molar-refractivity contribution is -0.114. The van der Waals surface area contributed by atoms with Crippen LogP contribution in [0, 0.1) is 0 Å². The summed E-state index contributed by atoms with van der Waals surface area (Å²) >= 11 is 0. The van der Waals surface area contributed by atoms with Crippen LogP contribution in [0.3, 0.4) is 0 Å². The first-order chi connectivity index (χ1) is 12.2. The predicted molar refractivity (Wildman–Crippen MR) is 98.8 cm³/mol. The molecule has 0 fully saturated rings. The van der Waals surface area contributed by atoms with Crippen LogP contribution >= 0.6 is 0 Å². The van der Waals surface area contributed by atoms with E-state index in [1.807, 2.05) is 13.8 Å². The highest BCUT2D eigenvalue weighted by atomic mass is 16.5. The SMILES string of the molecule is CC(=O)Nc1ccc(NC(=O)c2ccc3c(c2)C(=O)CC(C)(C)O3)cc1. The fourth-order valence-electron chi connectivity index (χ4n) is 2.84. The first kappa shape index (κ1) is 17.7. The molecule has 0 radical (unpaired) electrons. The maximum Gasteiger partial charge on any atom is 0.255 e. The zero-order valence-corrected chi connectivity index (χ0v) is 14.9. The molecule has 2 aromatic carbocycles. The van der Waals surface area contributed by atoms with Crippen LogP contribution in [0.15, 0.2) is 42.5 Å². The first-order valence-corrected chi connectivity index (χ1v) is 8.29. The van der Waals surface area contributed by atoms with E-state index in [1.165, 1.54) is 6.92 Å². The maximum absolute atomic E-state index is 12.5. The summed E-state index contributed by atoms with van der Waals surface area (Å²) in [6.45, 7) is 5.15.